The molecular formula is C18H26N2O6. The molecule has 2 fully saturated rings. The summed E-state index contributed by atoms with van der Waals surface area (Å²) in [5.41, 5.74) is -1.20. The van der Waals surface area contributed by atoms with Crippen molar-refractivity contribution in [3.05, 3.63) is 12.2 Å². The molecule has 3 aliphatic heterocycles. The van der Waals surface area contributed by atoms with Crippen LogP contribution in [0.25, 0.3) is 0 Å². The molecule has 0 radical (unpaired) electrons. The fraction of sp³-hybridized carbons (Fsp3) is 0.722. The van der Waals surface area contributed by atoms with Crippen LogP contribution >= 0.6 is 0 Å². The van der Waals surface area contributed by atoms with Gasteiger partial charge in [-0.2, -0.15) is 0 Å². The van der Waals surface area contributed by atoms with Crippen molar-refractivity contribution in [1.29, 1.82) is 0 Å². The van der Waals surface area contributed by atoms with Crippen molar-refractivity contribution in [2.75, 3.05) is 26.9 Å². The number of nitrogens with zero attached hydrogens (tertiary/aromatic N) is 2. The number of carbonyl (C=O) groups excluding carboxylic acids is 3. The number of carbonyl (C=O) groups is 3. The zero-order valence-corrected chi connectivity index (χ0v) is 15.3. The Balaban J connectivity index is 1.73. The molecule has 0 bridgehead atoms. The second-order valence-electron chi connectivity index (χ2n) is 6.79. The van der Waals surface area contributed by atoms with E-state index in [0.29, 0.717) is 13.0 Å². The van der Waals surface area contributed by atoms with Crippen LogP contribution in [0.1, 0.15) is 39.0 Å². The van der Waals surface area contributed by atoms with Gasteiger partial charge >= 0.3 is 5.97 Å². The quantitative estimate of drug-likeness (QED) is 0.396. The molecule has 0 saturated carbocycles. The van der Waals surface area contributed by atoms with Crippen molar-refractivity contribution >= 4 is 17.8 Å². The Labute approximate surface area is 153 Å². The summed E-state index contributed by atoms with van der Waals surface area (Å²) < 4.78 is 16.1. The van der Waals surface area contributed by atoms with Gasteiger partial charge in [0.2, 0.25) is 0 Å². The van der Waals surface area contributed by atoms with Crippen LogP contribution in [0, 0.1) is 5.41 Å². The van der Waals surface area contributed by atoms with Crippen LogP contribution in [0.15, 0.2) is 12.2 Å². The minimum Gasteiger partial charge on any atom is -0.467 e. The first kappa shape index (κ1) is 18.8. The van der Waals surface area contributed by atoms with E-state index in [-0.39, 0.29) is 37.7 Å². The maximum atomic E-state index is 13.2. The van der Waals surface area contributed by atoms with E-state index in [9.17, 15) is 14.4 Å². The number of esters is 1. The smallest absolute Gasteiger partial charge is 0.334 e. The van der Waals surface area contributed by atoms with Crippen LogP contribution in [0.3, 0.4) is 0 Å². The van der Waals surface area contributed by atoms with Crippen LogP contribution in [0.2, 0.25) is 0 Å². The van der Waals surface area contributed by atoms with Crippen molar-refractivity contribution in [3.8, 4) is 0 Å². The molecule has 8 heteroatoms. The third-order valence-corrected chi connectivity index (χ3v) is 5.40. The van der Waals surface area contributed by atoms with Gasteiger partial charge in [-0.05, 0) is 32.1 Å². The normalized spacial score (nSPS) is 31.3. The molecule has 3 unspecified atom stereocenters. The second kappa shape index (κ2) is 7.75. The van der Waals surface area contributed by atoms with Gasteiger partial charge in [-0.25, -0.2) is 14.8 Å². The van der Waals surface area contributed by atoms with E-state index in [1.165, 1.54) is 17.1 Å². The van der Waals surface area contributed by atoms with Crippen LogP contribution in [0.5, 0.6) is 0 Å². The van der Waals surface area contributed by atoms with E-state index in [4.69, 9.17) is 14.2 Å². The fourth-order valence-electron chi connectivity index (χ4n) is 3.78. The first-order valence-electron chi connectivity index (χ1n) is 9.18. The summed E-state index contributed by atoms with van der Waals surface area (Å²) >= 11 is 0. The lowest BCUT2D eigenvalue weighted by Crippen LogP contribution is -2.52. The molecule has 0 aromatic heterocycles. The van der Waals surface area contributed by atoms with Gasteiger partial charge in [-0.3, -0.25) is 9.59 Å². The van der Waals surface area contributed by atoms with Gasteiger partial charge in [-0.1, -0.05) is 19.1 Å². The van der Waals surface area contributed by atoms with Crippen molar-refractivity contribution < 1.29 is 28.6 Å². The molecule has 3 rings (SSSR count). The first-order chi connectivity index (χ1) is 12.5. The number of rotatable bonds is 6. The number of ether oxygens (including phenoxy) is 3. The summed E-state index contributed by atoms with van der Waals surface area (Å²) in [5, 5.41) is 2.60. The van der Waals surface area contributed by atoms with Gasteiger partial charge in [0.15, 0.2) is 12.3 Å². The Kier molecular flexibility index (Phi) is 5.62. The molecule has 3 heterocycles. The highest BCUT2D eigenvalue weighted by molar-refractivity contribution is 6.11. The molecule has 0 aliphatic carbocycles. The third-order valence-electron chi connectivity index (χ3n) is 5.40. The Hall–Kier alpha value is -1.93. The molecule has 0 spiro atoms. The maximum absolute atomic E-state index is 13.2. The summed E-state index contributed by atoms with van der Waals surface area (Å²) in [7, 11) is 1.27. The standard InChI is InChI=1S/C18H26N2O6/c1-3-18(9-12-26-14-8-4-5-11-25-14)16(22)19-10-6-7-13(15(21)24-2)20(19)17(18)23/h6-7,13-14H,3-5,8-12H2,1-2H3. The summed E-state index contributed by atoms with van der Waals surface area (Å²) in [4.78, 5) is 38.2. The average molecular weight is 366 g/mol. The molecule has 0 aromatic rings. The van der Waals surface area contributed by atoms with E-state index in [0.717, 1.165) is 19.3 Å². The molecule has 0 N–H and O–H groups in total. The van der Waals surface area contributed by atoms with Crippen LogP contribution in [0.4, 0.5) is 0 Å². The molecule has 8 nitrogen and oxygen atoms in total. The number of hydrogen-bond donors (Lipinski definition) is 0. The zero-order chi connectivity index (χ0) is 18.7. The van der Waals surface area contributed by atoms with Crippen molar-refractivity contribution in [1.82, 2.24) is 10.0 Å². The molecule has 2 saturated heterocycles. The van der Waals surface area contributed by atoms with Gasteiger partial charge in [-0.15, -0.1) is 0 Å². The minimum atomic E-state index is -1.20. The molecule has 2 amide bonds. The summed E-state index contributed by atoms with van der Waals surface area (Å²) in [6.07, 6.45) is 6.57. The van der Waals surface area contributed by atoms with E-state index in [1.807, 2.05) is 6.92 Å². The second-order valence-corrected chi connectivity index (χ2v) is 6.79. The average Bonchev–Trinajstić information content (AvgIpc) is 2.90. The molecule has 26 heavy (non-hydrogen) atoms. The Morgan fingerprint density at radius 2 is 2.15 bits per heavy atom. The molecular weight excluding hydrogens is 340 g/mol. The van der Waals surface area contributed by atoms with Gasteiger partial charge in [0, 0.05) is 6.61 Å². The van der Waals surface area contributed by atoms with E-state index < -0.39 is 17.4 Å². The van der Waals surface area contributed by atoms with Crippen molar-refractivity contribution in [3.63, 3.8) is 0 Å². The SMILES string of the molecule is CCC1(CCOC2CCCCO2)C(=O)N2CC=CC(C(=O)OC)N2C1=O. The summed E-state index contributed by atoms with van der Waals surface area (Å²) in [5.74, 6) is -1.21. The third kappa shape index (κ3) is 3.12. The minimum absolute atomic E-state index is 0.258. The first-order valence-corrected chi connectivity index (χ1v) is 9.18. The predicted octanol–water partition coefficient (Wildman–Crippen LogP) is 1.01. The molecule has 144 valence electrons. The molecule has 3 atom stereocenters. The van der Waals surface area contributed by atoms with Gasteiger partial charge < -0.3 is 14.2 Å². The Bertz CT molecular complexity index is 600. The highest BCUT2D eigenvalue weighted by Crippen LogP contribution is 2.41. The fourth-order valence-corrected chi connectivity index (χ4v) is 3.78. The van der Waals surface area contributed by atoms with Gasteiger partial charge in [0.05, 0.1) is 20.3 Å². The summed E-state index contributed by atoms with van der Waals surface area (Å²) in [6, 6.07) is -0.902. The lowest BCUT2D eigenvalue weighted by atomic mass is 9.81. The number of hydrogen-bond acceptors (Lipinski definition) is 6. The maximum Gasteiger partial charge on any atom is 0.334 e. The Morgan fingerprint density at radius 3 is 2.81 bits per heavy atom. The van der Waals surface area contributed by atoms with E-state index in [2.05, 4.69) is 0 Å². The zero-order valence-electron chi connectivity index (χ0n) is 15.3. The predicted molar refractivity (Wildman–Crippen MR) is 90.4 cm³/mol. The van der Waals surface area contributed by atoms with Crippen molar-refractivity contribution in [2.45, 2.75) is 51.4 Å². The summed E-state index contributed by atoms with van der Waals surface area (Å²) in [6.45, 7) is 3.02. The van der Waals surface area contributed by atoms with Crippen LogP contribution in [-0.4, -0.2) is 67.0 Å². The Morgan fingerprint density at radius 1 is 1.35 bits per heavy atom. The van der Waals surface area contributed by atoms with Crippen molar-refractivity contribution in [2.24, 2.45) is 5.41 Å². The largest absolute Gasteiger partial charge is 0.467 e. The van der Waals surface area contributed by atoms with Crippen LogP contribution in [-0.2, 0) is 28.6 Å². The van der Waals surface area contributed by atoms with Gasteiger partial charge in [0.25, 0.3) is 11.8 Å². The highest BCUT2D eigenvalue weighted by atomic mass is 16.7. The van der Waals surface area contributed by atoms with E-state index in [1.54, 1.807) is 12.2 Å². The lowest BCUT2D eigenvalue weighted by Gasteiger charge is -2.33. The molecule has 3 aliphatic rings. The van der Waals surface area contributed by atoms with Gasteiger partial charge in [0.1, 0.15) is 5.41 Å². The monoisotopic (exact) mass is 366 g/mol. The van der Waals surface area contributed by atoms with Crippen LogP contribution < -0.4 is 0 Å². The number of amides is 2. The number of fused-ring (bicyclic) bond motifs is 1. The number of methoxy groups -OCH3 is 1. The lowest BCUT2D eigenvalue weighted by molar-refractivity contribution is -0.169. The number of hydrazine groups is 1. The highest BCUT2D eigenvalue weighted by Gasteiger charge is 2.59. The van der Waals surface area contributed by atoms with E-state index >= 15 is 0 Å². The molecule has 0 aromatic carbocycles. The topological polar surface area (TPSA) is 85.4 Å².